The molecule has 4 N–H and O–H groups in total. The summed E-state index contributed by atoms with van der Waals surface area (Å²) >= 11 is 0. The Morgan fingerprint density at radius 3 is 2.72 bits per heavy atom. The average Bonchev–Trinajstić information content (AvgIpc) is 2.70. The Balaban J connectivity index is 2.29. The lowest BCUT2D eigenvalue weighted by Crippen LogP contribution is -2.25. The van der Waals surface area contributed by atoms with Crippen LogP contribution in [-0.4, -0.2) is 35.2 Å². The van der Waals surface area contributed by atoms with Crippen LogP contribution >= 0.6 is 0 Å². The summed E-state index contributed by atoms with van der Waals surface area (Å²) in [5.74, 6) is -1.36. The Morgan fingerprint density at radius 2 is 2.22 bits per heavy atom. The first-order valence-corrected chi connectivity index (χ1v) is 5.59. The predicted octanol–water partition coefficient (Wildman–Crippen LogP) is 0.402. The molecule has 0 radical (unpaired) electrons. The molecule has 0 aromatic heterocycles. The summed E-state index contributed by atoms with van der Waals surface area (Å²) in [7, 11) is 0. The number of rotatable bonds is 3. The van der Waals surface area contributed by atoms with Crippen LogP contribution in [0.25, 0.3) is 0 Å². The van der Waals surface area contributed by atoms with Gasteiger partial charge in [-0.3, -0.25) is 4.79 Å². The van der Waals surface area contributed by atoms with Crippen LogP contribution < -0.4 is 10.6 Å². The highest BCUT2D eigenvalue weighted by Crippen LogP contribution is 2.32. The molecule has 96 valence electrons. The van der Waals surface area contributed by atoms with E-state index in [1.807, 2.05) is 0 Å². The highest BCUT2D eigenvalue weighted by molar-refractivity contribution is 5.98. The number of benzene rings is 1. The smallest absolute Gasteiger partial charge is 0.335 e. The average molecular weight is 250 g/mol. The van der Waals surface area contributed by atoms with E-state index in [9.17, 15) is 14.7 Å². The standard InChI is InChI=1S/C12H14N2O4/c13-5-7-3-11(16)14(6-7)9-2-1-8(12(17)18)4-10(9)15/h1-2,4,7,15H,3,5-6,13H2,(H,17,18). The van der Waals surface area contributed by atoms with Crippen LogP contribution in [0, 0.1) is 5.92 Å². The Morgan fingerprint density at radius 1 is 1.50 bits per heavy atom. The summed E-state index contributed by atoms with van der Waals surface area (Å²) in [5.41, 5.74) is 5.84. The number of phenols is 1. The molecule has 1 saturated heterocycles. The predicted molar refractivity (Wildman–Crippen MR) is 64.6 cm³/mol. The number of nitrogens with two attached hydrogens (primary N) is 1. The highest BCUT2D eigenvalue weighted by atomic mass is 16.4. The molecule has 6 heteroatoms. The summed E-state index contributed by atoms with van der Waals surface area (Å²) in [6, 6.07) is 3.94. The molecule has 1 amide bonds. The van der Waals surface area contributed by atoms with Gasteiger partial charge in [0.15, 0.2) is 0 Å². The van der Waals surface area contributed by atoms with Gasteiger partial charge in [0.1, 0.15) is 5.75 Å². The molecular formula is C12H14N2O4. The number of phenolic OH excluding ortho intramolecular Hbond substituents is 1. The van der Waals surface area contributed by atoms with E-state index in [0.717, 1.165) is 6.07 Å². The van der Waals surface area contributed by atoms with Crippen molar-refractivity contribution < 1.29 is 19.8 Å². The van der Waals surface area contributed by atoms with Gasteiger partial charge in [-0.05, 0) is 30.7 Å². The normalized spacial score (nSPS) is 19.3. The van der Waals surface area contributed by atoms with Crippen LogP contribution in [0.3, 0.4) is 0 Å². The molecule has 6 nitrogen and oxygen atoms in total. The van der Waals surface area contributed by atoms with E-state index in [4.69, 9.17) is 10.8 Å². The summed E-state index contributed by atoms with van der Waals surface area (Å²) < 4.78 is 0. The molecule has 1 aromatic carbocycles. The fourth-order valence-corrected chi connectivity index (χ4v) is 2.06. The quantitative estimate of drug-likeness (QED) is 0.720. The number of hydrogen-bond donors (Lipinski definition) is 3. The van der Waals surface area contributed by atoms with Crippen LogP contribution in [0.2, 0.25) is 0 Å². The van der Waals surface area contributed by atoms with E-state index in [1.165, 1.54) is 17.0 Å². The molecule has 1 atom stereocenters. The van der Waals surface area contributed by atoms with E-state index < -0.39 is 5.97 Å². The van der Waals surface area contributed by atoms with E-state index >= 15 is 0 Å². The van der Waals surface area contributed by atoms with Crippen molar-refractivity contribution in [2.24, 2.45) is 11.7 Å². The SMILES string of the molecule is NCC1CC(=O)N(c2ccc(C(=O)O)cc2O)C1. The highest BCUT2D eigenvalue weighted by Gasteiger charge is 2.31. The third-order valence-electron chi connectivity index (χ3n) is 3.05. The second-order valence-electron chi connectivity index (χ2n) is 4.32. The van der Waals surface area contributed by atoms with Gasteiger partial charge in [0.2, 0.25) is 5.91 Å². The van der Waals surface area contributed by atoms with Crippen molar-refractivity contribution in [2.75, 3.05) is 18.0 Å². The molecule has 0 saturated carbocycles. The maximum atomic E-state index is 11.8. The molecule has 0 aliphatic carbocycles. The molecule has 1 heterocycles. The molecular weight excluding hydrogens is 236 g/mol. The van der Waals surface area contributed by atoms with Crippen molar-refractivity contribution in [3.63, 3.8) is 0 Å². The molecule has 18 heavy (non-hydrogen) atoms. The van der Waals surface area contributed by atoms with E-state index in [-0.39, 0.29) is 23.1 Å². The van der Waals surface area contributed by atoms with Gasteiger partial charge in [0, 0.05) is 13.0 Å². The van der Waals surface area contributed by atoms with Crippen LogP contribution in [0.5, 0.6) is 5.75 Å². The summed E-state index contributed by atoms with van der Waals surface area (Å²) in [5, 5.41) is 18.6. The minimum Gasteiger partial charge on any atom is -0.506 e. The minimum atomic E-state index is -1.12. The number of amides is 1. The van der Waals surface area contributed by atoms with Crippen molar-refractivity contribution in [3.8, 4) is 5.75 Å². The number of aromatic hydroxyl groups is 1. The van der Waals surface area contributed by atoms with E-state index in [1.54, 1.807) is 0 Å². The molecule has 1 aliphatic heterocycles. The Labute approximate surface area is 104 Å². The van der Waals surface area contributed by atoms with E-state index in [0.29, 0.717) is 25.2 Å². The number of carbonyl (C=O) groups excluding carboxylic acids is 1. The third kappa shape index (κ3) is 2.14. The lowest BCUT2D eigenvalue weighted by atomic mass is 10.1. The number of hydrogen-bond acceptors (Lipinski definition) is 4. The zero-order valence-corrected chi connectivity index (χ0v) is 9.67. The fraction of sp³-hybridized carbons (Fsp3) is 0.333. The molecule has 1 unspecified atom stereocenters. The van der Waals surface area contributed by atoms with Gasteiger partial charge >= 0.3 is 5.97 Å². The van der Waals surface area contributed by atoms with Gasteiger partial charge in [-0.15, -0.1) is 0 Å². The van der Waals surface area contributed by atoms with E-state index in [2.05, 4.69) is 0 Å². The number of carboxylic acids is 1. The van der Waals surface area contributed by atoms with Gasteiger partial charge < -0.3 is 20.8 Å². The van der Waals surface area contributed by atoms with Crippen molar-refractivity contribution in [1.82, 2.24) is 0 Å². The molecule has 1 aromatic rings. The van der Waals surface area contributed by atoms with Crippen LogP contribution in [0.15, 0.2) is 18.2 Å². The summed E-state index contributed by atoms with van der Waals surface area (Å²) in [4.78, 5) is 23.9. The monoisotopic (exact) mass is 250 g/mol. The van der Waals surface area contributed by atoms with Gasteiger partial charge in [-0.1, -0.05) is 0 Å². The minimum absolute atomic E-state index is 0.0155. The number of aromatic carboxylic acids is 1. The largest absolute Gasteiger partial charge is 0.506 e. The molecule has 0 spiro atoms. The number of carbonyl (C=O) groups is 2. The number of nitrogens with zero attached hydrogens (tertiary/aromatic N) is 1. The van der Waals surface area contributed by atoms with Crippen molar-refractivity contribution >= 4 is 17.6 Å². The van der Waals surface area contributed by atoms with Crippen molar-refractivity contribution in [1.29, 1.82) is 0 Å². The molecule has 2 rings (SSSR count). The van der Waals surface area contributed by atoms with Gasteiger partial charge in [-0.25, -0.2) is 4.79 Å². The van der Waals surface area contributed by atoms with Gasteiger partial charge in [0.25, 0.3) is 0 Å². The van der Waals surface area contributed by atoms with Crippen LogP contribution in [0.4, 0.5) is 5.69 Å². The first kappa shape index (κ1) is 12.4. The molecule has 1 aliphatic rings. The van der Waals surface area contributed by atoms with Gasteiger partial charge in [0.05, 0.1) is 11.3 Å². The zero-order valence-electron chi connectivity index (χ0n) is 9.67. The molecule has 0 bridgehead atoms. The van der Waals surface area contributed by atoms with Crippen molar-refractivity contribution in [2.45, 2.75) is 6.42 Å². The summed E-state index contributed by atoms with van der Waals surface area (Å²) in [6.45, 7) is 0.867. The second kappa shape index (κ2) is 4.66. The first-order chi connectivity index (χ1) is 8.52. The number of carboxylic acid groups (broad SMARTS) is 1. The van der Waals surface area contributed by atoms with Gasteiger partial charge in [-0.2, -0.15) is 0 Å². The lowest BCUT2D eigenvalue weighted by Gasteiger charge is -2.18. The lowest BCUT2D eigenvalue weighted by molar-refractivity contribution is -0.117. The Hall–Kier alpha value is -2.08. The zero-order chi connectivity index (χ0) is 13.3. The third-order valence-corrected chi connectivity index (χ3v) is 3.05. The Kier molecular flexibility index (Phi) is 3.20. The second-order valence-corrected chi connectivity index (χ2v) is 4.32. The van der Waals surface area contributed by atoms with Crippen molar-refractivity contribution in [3.05, 3.63) is 23.8 Å². The first-order valence-electron chi connectivity index (χ1n) is 5.59. The fourth-order valence-electron chi connectivity index (χ4n) is 2.06. The van der Waals surface area contributed by atoms with Crippen LogP contribution in [-0.2, 0) is 4.79 Å². The topological polar surface area (TPSA) is 104 Å². The molecule has 1 fully saturated rings. The summed E-state index contributed by atoms with van der Waals surface area (Å²) in [6.07, 6.45) is 0.358. The van der Waals surface area contributed by atoms with Crippen LogP contribution in [0.1, 0.15) is 16.8 Å². The number of anilines is 1. The maximum absolute atomic E-state index is 11.8. The maximum Gasteiger partial charge on any atom is 0.335 e. The Bertz CT molecular complexity index is 501.